The molecule has 2 aromatic rings. The molecule has 1 aromatic heterocycles. The molecule has 0 aliphatic heterocycles. The summed E-state index contributed by atoms with van der Waals surface area (Å²) in [5.41, 5.74) is 1.89. The van der Waals surface area contributed by atoms with Crippen molar-refractivity contribution >= 4 is 5.69 Å². The molecule has 2 N–H and O–H groups in total. The van der Waals surface area contributed by atoms with Crippen molar-refractivity contribution in [3.63, 3.8) is 0 Å². The van der Waals surface area contributed by atoms with Gasteiger partial charge in [0.05, 0.1) is 43.7 Å². The molecule has 3 rings (SSSR count). The number of ether oxygens (including phenoxy) is 1. The first-order chi connectivity index (χ1) is 9.83. The van der Waals surface area contributed by atoms with Gasteiger partial charge in [0.25, 0.3) is 0 Å². The summed E-state index contributed by atoms with van der Waals surface area (Å²) in [4.78, 5) is 4.22. The summed E-state index contributed by atoms with van der Waals surface area (Å²) in [6.07, 6.45) is 6.05. The number of nitrogens with one attached hydrogen (secondary N) is 1. The van der Waals surface area contributed by atoms with E-state index in [4.69, 9.17) is 4.74 Å². The molecule has 1 aliphatic carbocycles. The van der Waals surface area contributed by atoms with Crippen LogP contribution in [0, 0.1) is 0 Å². The molecule has 1 fully saturated rings. The van der Waals surface area contributed by atoms with Crippen molar-refractivity contribution in [1.82, 2.24) is 9.55 Å². The standard InChI is InChI=1S/C15H19N3O2/c1-20-15-5-3-2-4-12(15)17-13(9-19)14-8-16-10-18(14)11-6-7-11/h2-5,8,10-11,13,17,19H,6-7,9H2,1H3. The molecule has 20 heavy (non-hydrogen) atoms. The molecule has 1 unspecified atom stereocenters. The third-order valence-electron chi connectivity index (χ3n) is 3.61. The fraction of sp³-hybridized carbons (Fsp3) is 0.400. The number of aliphatic hydroxyl groups is 1. The Balaban J connectivity index is 1.84. The largest absolute Gasteiger partial charge is 0.495 e. The van der Waals surface area contributed by atoms with E-state index in [9.17, 15) is 5.11 Å². The maximum absolute atomic E-state index is 9.70. The van der Waals surface area contributed by atoms with Crippen molar-refractivity contribution in [1.29, 1.82) is 0 Å². The summed E-state index contributed by atoms with van der Waals surface area (Å²) in [5.74, 6) is 0.767. The molecule has 106 valence electrons. The van der Waals surface area contributed by atoms with Gasteiger partial charge in [-0.05, 0) is 25.0 Å². The van der Waals surface area contributed by atoms with Crippen LogP contribution < -0.4 is 10.1 Å². The van der Waals surface area contributed by atoms with Gasteiger partial charge in [0.2, 0.25) is 0 Å². The molecular weight excluding hydrogens is 254 g/mol. The van der Waals surface area contributed by atoms with Gasteiger partial charge < -0.3 is 19.7 Å². The number of anilines is 1. The van der Waals surface area contributed by atoms with E-state index in [-0.39, 0.29) is 12.6 Å². The summed E-state index contributed by atoms with van der Waals surface area (Å²) in [6, 6.07) is 8.06. The monoisotopic (exact) mass is 273 g/mol. The predicted octanol–water partition coefficient (Wildman–Crippen LogP) is 2.37. The molecule has 0 bridgehead atoms. The number of imidazole rings is 1. The van der Waals surface area contributed by atoms with Crippen LogP contribution in [0.1, 0.15) is 30.6 Å². The Bertz CT molecular complexity index is 578. The van der Waals surface area contributed by atoms with Crippen molar-refractivity contribution in [2.75, 3.05) is 19.0 Å². The molecule has 0 amide bonds. The summed E-state index contributed by atoms with van der Waals surface area (Å²) in [7, 11) is 1.64. The zero-order chi connectivity index (χ0) is 13.9. The van der Waals surface area contributed by atoms with E-state index in [0.717, 1.165) is 17.1 Å². The minimum atomic E-state index is -0.186. The fourth-order valence-electron chi connectivity index (χ4n) is 2.41. The Morgan fingerprint density at radius 1 is 1.45 bits per heavy atom. The van der Waals surface area contributed by atoms with Gasteiger partial charge in [-0.2, -0.15) is 0 Å². The average Bonchev–Trinajstić information content (AvgIpc) is 3.23. The second-order valence-corrected chi connectivity index (χ2v) is 5.04. The molecule has 1 aliphatic rings. The first-order valence-corrected chi connectivity index (χ1v) is 6.85. The van der Waals surface area contributed by atoms with Crippen LogP contribution in [0.15, 0.2) is 36.8 Å². The van der Waals surface area contributed by atoms with Gasteiger partial charge in [0.15, 0.2) is 0 Å². The van der Waals surface area contributed by atoms with Gasteiger partial charge in [-0.3, -0.25) is 0 Å². The van der Waals surface area contributed by atoms with E-state index >= 15 is 0 Å². The Kier molecular flexibility index (Phi) is 3.60. The number of benzene rings is 1. The Hall–Kier alpha value is -2.01. The van der Waals surface area contributed by atoms with Crippen molar-refractivity contribution in [3.05, 3.63) is 42.5 Å². The lowest BCUT2D eigenvalue weighted by Gasteiger charge is -2.20. The van der Waals surface area contributed by atoms with Crippen LogP contribution in [-0.4, -0.2) is 28.4 Å². The van der Waals surface area contributed by atoms with Crippen molar-refractivity contribution < 1.29 is 9.84 Å². The summed E-state index contributed by atoms with van der Waals surface area (Å²) in [6.45, 7) is 0.0104. The topological polar surface area (TPSA) is 59.3 Å². The highest BCUT2D eigenvalue weighted by atomic mass is 16.5. The molecule has 1 saturated carbocycles. The molecule has 5 nitrogen and oxygen atoms in total. The van der Waals surface area contributed by atoms with Gasteiger partial charge in [-0.1, -0.05) is 12.1 Å². The SMILES string of the molecule is COc1ccccc1NC(CO)c1cncn1C1CC1. The number of hydrogen-bond donors (Lipinski definition) is 2. The molecule has 0 spiro atoms. The van der Waals surface area contributed by atoms with Crippen LogP contribution in [0.5, 0.6) is 5.75 Å². The van der Waals surface area contributed by atoms with Gasteiger partial charge in [-0.15, -0.1) is 0 Å². The number of aromatic nitrogens is 2. The maximum atomic E-state index is 9.70. The molecule has 1 atom stereocenters. The van der Waals surface area contributed by atoms with E-state index in [1.165, 1.54) is 12.8 Å². The second kappa shape index (κ2) is 5.54. The minimum Gasteiger partial charge on any atom is -0.495 e. The third kappa shape index (κ3) is 2.49. The van der Waals surface area contributed by atoms with Crippen molar-refractivity contribution in [2.45, 2.75) is 24.9 Å². The highest BCUT2D eigenvalue weighted by Crippen LogP contribution is 2.37. The Morgan fingerprint density at radius 2 is 2.25 bits per heavy atom. The molecular formula is C15H19N3O2. The van der Waals surface area contributed by atoms with E-state index in [1.54, 1.807) is 7.11 Å². The van der Waals surface area contributed by atoms with E-state index in [1.807, 2.05) is 36.8 Å². The molecule has 1 heterocycles. The summed E-state index contributed by atoms with van der Waals surface area (Å²) >= 11 is 0. The number of methoxy groups -OCH3 is 1. The first-order valence-electron chi connectivity index (χ1n) is 6.85. The Labute approximate surface area is 118 Å². The number of nitrogens with zero attached hydrogens (tertiary/aromatic N) is 2. The number of hydrogen-bond acceptors (Lipinski definition) is 4. The highest BCUT2D eigenvalue weighted by molar-refractivity contribution is 5.57. The lowest BCUT2D eigenvalue weighted by molar-refractivity contribution is 0.271. The average molecular weight is 273 g/mol. The Morgan fingerprint density at radius 3 is 2.95 bits per heavy atom. The lowest BCUT2D eigenvalue weighted by Crippen LogP contribution is -2.18. The summed E-state index contributed by atoms with van der Waals surface area (Å²) < 4.78 is 7.49. The van der Waals surface area contributed by atoms with Crippen LogP contribution in [0.25, 0.3) is 0 Å². The van der Waals surface area contributed by atoms with E-state index < -0.39 is 0 Å². The minimum absolute atomic E-state index is 0.0104. The van der Waals surface area contributed by atoms with Gasteiger partial charge in [0.1, 0.15) is 5.75 Å². The fourth-order valence-corrected chi connectivity index (χ4v) is 2.41. The van der Waals surface area contributed by atoms with Crippen molar-refractivity contribution in [3.8, 4) is 5.75 Å². The molecule has 5 heteroatoms. The third-order valence-corrected chi connectivity index (χ3v) is 3.61. The van der Waals surface area contributed by atoms with Crippen LogP contribution in [-0.2, 0) is 0 Å². The van der Waals surface area contributed by atoms with Gasteiger partial charge in [0, 0.05) is 6.04 Å². The second-order valence-electron chi connectivity index (χ2n) is 5.04. The maximum Gasteiger partial charge on any atom is 0.141 e. The lowest BCUT2D eigenvalue weighted by atomic mass is 10.2. The number of aliphatic hydroxyl groups excluding tert-OH is 1. The zero-order valence-corrected chi connectivity index (χ0v) is 11.5. The smallest absolute Gasteiger partial charge is 0.141 e. The molecule has 1 aromatic carbocycles. The quantitative estimate of drug-likeness (QED) is 0.848. The normalized spacial score (nSPS) is 15.9. The van der Waals surface area contributed by atoms with Crippen molar-refractivity contribution in [2.24, 2.45) is 0 Å². The number of para-hydroxylation sites is 2. The number of rotatable bonds is 6. The van der Waals surface area contributed by atoms with E-state index in [0.29, 0.717) is 6.04 Å². The zero-order valence-electron chi connectivity index (χ0n) is 11.5. The predicted molar refractivity (Wildman–Crippen MR) is 76.9 cm³/mol. The van der Waals surface area contributed by atoms with Gasteiger partial charge >= 0.3 is 0 Å². The first kappa shape index (κ1) is 13.0. The van der Waals surface area contributed by atoms with Crippen LogP contribution in [0.2, 0.25) is 0 Å². The van der Waals surface area contributed by atoms with Crippen LogP contribution >= 0.6 is 0 Å². The summed E-state index contributed by atoms with van der Waals surface area (Å²) in [5, 5.41) is 13.0. The molecule has 0 saturated heterocycles. The van der Waals surface area contributed by atoms with E-state index in [2.05, 4.69) is 14.9 Å². The molecule has 0 radical (unpaired) electrons. The highest BCUT2D eigenvalue weighted by Gasteiger charge is 2.28. The van der Waals surface area contributed by atoms with Crippen LogP contribution in [0.4, 0.5) is 5.69 Å². The van der Waals surface area contributed by atoms with Crippen LogP contribution in [0.3, 0.4) is 0 Å². The van der Waals surface area contributed by atoms with Gasteiger partial charge in [-0.25, -0.2) is 4.98 Å².